The first-order valence-corrected chi connectivity index (χ1v) is 10.0. The number of nitrogens with zero attached hydrogens (tertiary/aromatic N) is 1. The maximum atomic E-state index is 12.6. The largest absolute Gasteiger partial charge is 0.342 e. The number of carbonyl (C=O) groups excluding carboxylic acids is 1. The SMILES string of the molecule is CC.CC1(C)CCN(CC2(C3CCCCC3)CCNCC2)C1=O. The minimum absolute atomic E-state index is 0.124. The first-order valence-electron chi connectivity index (χ1n) is 10.0. The molecule has 2 heterocycles. The molecule has 0 radical (unpaired) electrons. The average molecular weight is 323 g/mol. The van der Waals surface area contributed by atoms with Crippen LogP contribution < -0.4 is 5.32 Å². The van der Waals surface area contributed by atoms with Gasteiger partial charge in [-0.05, 0) is 56.5 Å². The van der Waals surface area contributed by atoms with Gasteiger partial charge in [0.1, 0.15) is 0 Å². The molecule has 2 aliphatic heterocycles. The van der Waals surface area contributed by atoms with Gasteiger partial charge in [0, 0.05) is 18.5 Å². The first kappa shape index (κ1) is 18.8. The third-order valence-corrected chi connectivity index (χ3v) is 6.45. The predicted octanol–water partition coefficient (Wildman–Crippen LogP) is 4.22. The summed E-state index contributed by atoms with van der Waals surface area (Å²) in [4.78, 5) is 14.8. The molecule has 1 saturated carbocycles. The molecule has 3 rings (SSSR count). The Balaban J connectivity index is 0.000000924. The van der Waals surface area contributed by atoms with E-state index in [2.05, 4.69) is 24.1 Å². The lowest BCUT2D eigenvalue weighted by molar-refractivity contribution is -0.137. The quantitative estimate of drug-likeness (QED) is 0.843. The molecule has 3 heteroatoms. The summed E-state index contributed by atoms with van der Waals surface area (Å²) in [6.45, 7) is 12.5. The zero-order chi connectivity index (χ0) is 16.9. The number of amides is 1. The fourth-order valence-corrected chi connectivity index (χ4v) is 4.92. The van der Waals surface area contributed by atoms with Crippen molar-refractivity contribution < 1.29 is 4.79 Å². The number of hydrogen-bond donors (Lipinski definition) is 1. The van der Waals surface area contributed by atoms with Crippen LogP contribution in [0.25, 0.3) is 0 Å². The number of hydrogen-bond acceptors (Lipinski definition) is 2. The Hall–Kier alpha value is -0.570. The number of rotatable bonds is 3. The van der Waals surface area contributed by atoms with E-state index in [1.165, 1.54) is 44.9 Å². The first-order chi connectivity index (χ1) is 11.0. The van der Waals surface area contributed by atoms with Crippen LogP contribution in [-0.2, 0) is 4.79 Å². The average Bonchev–Trinajstić information content (AvgIpc) is 2.85. The van der Waals surface area contributed by atoms with E-state index in [1.54, 1.807) is 0 Å². The summed E-state index contributed by atoms with van der Waals surface area (Å²) in [5.41, 5.74) is 0.280. The monoisotopic (exact) mass is 322 g/mol. The van der Waals surface area contributed by atoms with Crippen molar-refractivity contribution in [3.05, 3.63) is 0 Å². The fraction of sp³-hybridized carbons (Fsp3) is 0.950. The number of piperidine rings is 1. The molecule has 2 saturated heterocycles. The number of nitrogens with one attached hydrogen (secondary N) is 1. The lowest BCUT2D eigenvalue weighted by atomic mass is 9.63. The topological polar surface area (TPSA) is 32.3 Å². The minimum Gasteiger partial charge on any atom is -0.342 e. The van der Waals surface area contributed by atoms with E-state index in [4.69, 9.17) is 0 Å². The zero-order valence-corrected chi connectivity index (χ0v) is 15.9. The van der Waals surface area contributed by atoms with Gasteiger partial charge in [-0.2, -0.15) is 0 Å². The van der Waals surface area contributed by atoms with Gasteiger partial charge in [0.25, 0.3) is 0 Å². The molecule has 3 fully saturated rings. The molecule has 134 valence electrons. The molecule has 1 N–H and O–H groups in total. The molecule has 0 unspecified atom stereocenters. The predicted molar refractivity (Wildman–Crippen MR) is 97.4 cm³/mol. The molecule has 0 spiro atoms. The molecule has 0 aromatic rings. The van der Waals surface area contributed by atoms with Gasteiger partial charge in [0.15, 0.2) is 0 Å². The molecule has 0 atom stereocenters. The van der Waals surface area contributed by atoms with E-state index in [9.17, 15) is 4.79 Å². The molecule has 0 bridgehead atoms. The van der Waals surface area contributed by atoms with Crippen molar-refractivity contribution in [3.63, 3.8) is 0 Å². The zero-order valence-electron chi connectivity index (χ0n) is 15.9. The van der Waals surface area contributed by atoms with Crippen LogP contribution in [0.1, 0.15) is 79.1 Å². The van der Waals surface area contributed by atoms with Crippen LogP contribution >= 0.6 is 0 Å². The molecule has 3 aliphatic rings. The summed E-state index contributed by atoms with van der Waals surface area (Å²) in [5.74, 6) is 1.25. The Morgan fingerprint density at radius 1 is 1.04 bits per heavy atom. The second kappa shape index (κ2) is 8.00. The van der Waals surface area contributed by atoms with Crippen molar-refractivity contribution in [3.8, 4) is 0 Å². The molecular formula is C20H38N2O. The van der Waals surface area contributed by atoms with Crippen molar-refractivity contribution in [2.45, 2.75) is 79.1 Å². The number of carbonyl (C=O) groups is 1. The van der Waals surface area contributed by atoms with Gasteiger partial charge in [0.2, 0.25) is 5.91 Å². The van der Waals surface area contributed by atoms with Crippen LogP contribution in [0.4, 0.5) is 0 Å². The summed E-state index contributed by atoms with van der Waals surface area (Å²) in [6.07, 6.45) is 10.6. The summed E-state index contributed by atoms with van der Waals surface area (Å²) in [6, 6.07) is 0. The van der Waals surface area contributed by atoms with E-state index in [0.717, 1.165) is 38.5 Å². The molecule has 0 aromatic heterocycles. The summed E-state index contributed by atoms with van der Waals surface area (Å²) in [7, 11) is 0. The Bertz CT molecular complexity index is 379. The smallest absolute Gasteiger partial charge is 0.228 e. The highest BCUT2D eigenvalue weighted by Gasteiger charge is 2.46. The molecule has 0 aromatic carbocycles. The van der Waals surface area contributed by atoms with Crippen LogP contribution in [0, 0.1) is 16.7 Å². The highest BCUT2D eigenvalue weighted by Crippen LogP contribution is 2.46. The highest BCUT2D eigenvalue weighted by molar-refractivity contribution is 5.84. The minimum atomic E-state index is -0.124. The van der Waals surface area contributed by atoms with Gasteiger partial charge < -0.3 is 10.2 Å². The van der Waals surface area contributed by atoms with Crippen LogP contribution in [-0.4, -0.2) is 37.0 Å². The second-order valence-electron chi connectivity index (χ2n) is 8.31. The van der Waals surface area contributed by atoms with Crippen LogP contribution in [0.5, 0.6) is 0 Å². The van der Waals surface area contributed by atoms with Crippen molar-refractivity contribution in [2.24, 2.45) is 16.7 Å². The maximum absolute atomic E-state index is 12.6. The Kier molecular flexibility index (Phi) is 6.53. The third kappa shape index (κ3) is 4.10. The fourth-order valence-electron chi connectivity index (χ4n) is 4.92. The highest BCUT2D eigenvalue weighted by atomic mass is 16.2. The van der Waals surface area contributed by atoms with Crippen molar-refractivity contribution in [2.75, 3.05) is 26.2 Å². The van der Waals surface area contributed by atoms with Crippen LogP contribution in [0.3, 0.4) is 0 Å². The molecule has 3 nitrogen and oxygen atoms in total. The normalized spacial score (nSPS) is 27.5. The standard InChI is InChI=1S/C18H32N2O.C2H6/c1-17(2)10-13-20(16(17)21)14-18(8-11-19-12-9-18)15-6-4-3-5-7-15;1-2/h15,19H,3-14H2,1-2H3;1-2H3. The van der Waals surface area contributed by atoms with Gasteiger partial charge in [-0.25, -0.2) is 0 Å². The van der Waals surface area contributed by atoms with Gasteiger partial charge >= 0.3 is 0 Å². The lowest BCUT2D eigenvalue weighted by Crippen LogP contribution is -2.50. The van der Waals surface area contributed by atoms with E-state index >= 15 is 0 Å². The van der Waals surface area contributed by atoms with E-state index in [-0.39, 0.29) is 5.41 Å². The van der Waals surface area contributed by atoms with Crippen LogP contribution in [0.2, 0.25) is 0 Å². The molecular weight excluding hydrogens is 284 g/mol. The summed E-state index contributed by atoms with van der Waals surface area (Å²) >= 11 is 0. The molecule has 1 aliphatic carbocycles. The van der Waals surface area contributed by atoms with Gasteiger partial charge in [-0.15, -0.1) is 0 Å². The Labute approximate surface area is 143 Å². The third-order valence-electron chi connectivity index (χ3n) is 6.45. The Morgan fingerprint density at radius 2 is 1.65 bits per heavy atom. The lowest BCUT2D eigenvalue weighted by Gasteiger charge is -2.47. The van der Waals surface area contributed by atoms with Crippen molar-refractivity contribution in [1.29, 1.82) is 0 Å². The Morgan fingerprint density at radius 3 is 2.17 bits per heavy atom. The summed E-state index contributed by atoms with van der Waals surface area (Å²) < 4.78 is 0. The van der Waals surface area contributed by atoms with E-state index in [1.807, 2.05) is 13.8 Å². The molecule has 1 amide bonds. The van der Waals surface area contributed by atoms with Crippen molar-refractivity contribution >= 4 is 5.91 Å². The van der Waals surface area contributed by atoms with Gasteiger partial charge in [-0.1, -0.05) is 47.0 Å². The number of likely N-dealkylation sites (tertiary alicyclic amines) is 1. The maximum Gasteiger partial charge on any atom is 0.228 e. The molecule has 23 heavy (non-hydrogen) atoms. The van der Waals surface area contributed by atoms with E-state index in [0.29, 0.717) is 11.3 Å². The van der Waals surface area contributed by atoms with Crippen molar-refractivity contribution in [1.82, 2.24) is 10.2 Å². The second-order valence-corrected chi connectivity index (χ2v) is 8.31. The van der Waals surface area contributed by atoms with Crippen LogP contribution in [0.15, 0.2) is 0 Å². The van der Waals surface area contributed by atoms with E-state index < -0.39 is 0 Å². The van der Waals surface area contributed by atoms with Gasteiger partial charge in [-0.3, -0.25) is 4.79 Å². The van der Waals surface area contributed by atoms with Gasteiger partial charge in [0.05, 0.1) is 0 Å². The summed E-state index contributed by atoms with van der Waals surface area (Å²) in [5, 5.41) is 3.53.